The summed E-state index contributed by atoms with van der Waals surface area (Å²) < 4.78 is 25.9. The van der Waals surface area contributed by atoms with Crippen molar-refractivity contribution >= 4 is 29.2 Å². The van der Waals surface area contributed by atoms with Gasteiger partial charge in [-0.1, -0.05) is 0 Å². The van der Waals surface area contributed by atoms with Crippen LogP contribution in [0.3, 0.4) is 0 Å². The van der Waals surface area contributed by atoms with Gasteiger partial charge in [0, 0.05) is 43.8 Å². The number of benzene rings is 1. The molecule has 3 aliphatic rings. The number of anilines is 2. The first kappa shape index (κ1) is 24.3. The summed E-state index contributed by atoms with van der Waals surface area (Å²) in [4.78, 5) is 43.8. The van der Waals surface area contributed by atoms with Crippen LogP contribution in [0.2, 0.25) is 0 Å². The van der Waals surface area contributed by atoms with E-state index in [-0.39, 0.29) is 30.3 Å². The molecule has 9 heteroatoms. The molecule has 4 rings (SSSR count). The summed E-state index contributed by atoms with van der Waals surface area (Å²) in [6.45, 7) is 11.0. The van der Waals surface area contributed by atoms with E-state index in [2.05, 4.69) is 4.90 Å². The van der Waals surface area contributed by atoms with Crippen molar-refractivity contribution in [2.45, 2.75) is 65.1 Å². The van der Waals surface area contributed by atoms with E-state index < -0.39 is 29.1 Å². The summed E-state index contributed by atoms with van der Waals surface area (Å²) >= 11 is 0. The van der Waals surface area contributed by atoms with Crippen molar-refractivity contribution in [3.63, 3.8) is 0 Å². The Hall–Kier alpha value is -2.84. The number of carbonyl (C=O) groups is 3. The van der Waals surface area contributed by atoms with Crippen LogP contribution in [-0.4, -0.2) is 73.2 Å². The molecule has 0 spiro atoms. The molecule has 2 atom stereocenters. The Labute approximate surface area is 200 Å². The third-order valence-electron chi connectivity index (χ3n) is 6.57. The molecule has 1 saturated carbocycles. The average Bonchev–Trinajstić information content (AvgIpc) is 3.58. The van der Waals surface area contributed by atoms with Crippen molar-refractivity contribution in [2.75, 3.05) is 42.6 Å². The Morgan fingerprint density at radius 3 is 2.29 bits per heavy atom. The van der Waals surface area contributed by atoms with Gasteiger partial charge in [0.2, 0.25) is 0 Å². The molecular formula is C25H34FN3O5. The lowest BCUT2D eigenvalue weighted by atomic mass is 9.84. The standard InChI is InChI=1S/C25H34FN3O5/c1-6-33-23(31)21-15(2)29(16-7-8-16)19-14-20(18(26)13-17(19)22(21)30)27-9-11-28(12-10-27)24(32)34-25(3,4)5/h13-16,21H,6-12H2,1-5H3/t15-,21-/m0/s1. The van der Waals surface area contributed by atoms with Crippen molar-refractivity contribution in [1.29, 1.82) is 0 Å². The lowest BCUT2D eigenvalue weighted by Gasteiger charge is -2.42. The van der Waals surface area contributed by atoms with Gasteiger partial charge in [0.15, 0.2) is 5.78 Å². The van der Waals surface area contributed by atoms with Crippen molar-refractivity contribution in [2.24, 2.45) is 5.92 Å². The van der Waals surface area contributed by atoms with Crippen molar-refractivity contribution in [1.82, 2.24) is 4.90 Å². The highest BCUT2D eigenvalue weighted by molar-refractivity contribution is 6.14. The Morgan fingerprint density at radius 1 is 1.09 bits per heavy atom. The summed E-state index contributed by atoms with van der Waals surface area (Å²) in [5.41, 5.74) is 0.737. The average molecular weight is 476 g/mol. The van der Waals surface area contributed by atoms with Gasteiger partial charge in [-0.25, -0.2) is 9.18 Å². The van der Waals surface area contributed by atoms with Gasteiger partial charge in [0.25, 0.3) is 0 Å². The van der Waals surface area contributed by atoms with Crippen LogP contribution in [0.5, 0.6) is 0 Å². The van der Waals surface area contributed by atoms with E-state index in [0.29, 0.717) is 37.6 Å². The van der Waals surface area contributed by atoms with Crippen LogP contribution in [0, 0.1) is 11.7 Å². The maximum Gasteiger partial charge on any atom is 0.410 e. The van der Waals surface area contributed by atoms with Gasteiger partial charge in [0.05, 0.1) is 18.0 Å². The van der Waals surface area contributed by atoms with Crippen LogP contribution in [0.1, 0.15) is 57.8 Å². The zero-order chi connectivity index (χ0) is 24.8. The molecule has 0 radical (unpaired) electrons. The Morgan fingerprint density at radius 2 is 1.74 bits per heavy atom. The number of halogens is 1. The van der Waals surface area contributed by atoms with Gasteiger partial charge in [0.1, 0.15) is 17.3 Å². The van der Waals surface area contributed by atoms with Gasteiger partial charge < -0.3 is 24.2 Å². The lowest BCUT2D eigenvalue weighted by Crippen LogP contribution is -2.52. The molecule has 2 aliphatic heterocycles. The molecule has 0 bridgehead atoms. The number of nitrogens with zero attached hydrogens (tertiary/aromatic N) is 3. The van der Waals surface area contributed by atoms with E-state index in [1.807, 2.05) is 32.6 Å². The van der Waals surface area contributed by atoms with Gasteiger partial charge in [-0.15, -0.1) is 0 Å². The Balaban J connectivity index is 1.58. The number of fused-ring (bicyclic) bond motifs is 1. The zero-order valence-electron chi connectivity index (χ0n) is 20.6. The smallest absolute Gasteiger partial charge is 0.410 e. The zero-order valence-corrected chi connectivity index (χ0v) is 20.6. The minimum absolute atomic E-state index is 0.189. The minimum atomic E-state index is -0.962. The second kappa shape index (κ2) is 9.07. The fraction of sp³-hybridized carbons (Fsp3) is 0.640. The number of ether oxygens (including phenoxy) is 2. The quantitative estimate of drug-likeness (QED) is 0.486. The highest BCUT2D eigenvalue weighted by Gasteiger charge is 2.48. The van der Waals surface area contributed by atoms with Gasteiger partial charge in [-0.05, 0) is 59.6 Å². The summed E-state index contributed by atoms with van der Waals surface area (Å²) in [5, 5.41) is 0. The summed E-state index contributed by atoms with van der Waals surface area (Å²) in [6, 6.07) is 2.86. The van der Waals surface area contributed by atoms with E-state index in [4.69, 9.17) is 9.47 Å². The molecule has 2 heterocycles. The van der Waals surface area contributed by atoms with E-state index in [9.17, 15) is 14.4 Å². The van der Waals surface area contributed by atoms with Crippen LogP contribution < -0.4 is 9.80 Å². The number of esters is 1. The van der Waals surface area contributed by atoms with E-state index in [1.165, 1.54) is 6.07 Å². The number of ketones is 1. The van der Waals surface area contributed by atoms with Gasteiger partial charge in [-0.3, -0.25) is 9.59 Å². The molecule has 34 heavy (non-hydrogen) atoms. The normalized spacial score (nSPS) is 23.0. The van der Waals surface area contributed by atoms with Crippen LogP contribution in [-0.2, 0) is 14.3 Å². The number of carbonyl (C=O) groups excluding carboxylic acids is 3. The summed E-state index contributed by atoms with van der Waals surface area (Å²) in [6.07, 6.45) is 1.56. The maximum atomic E-state index is 15.3. The first-order chi connectivity index (χ1) is 16.0. The Kier molecular flexibility index (Phi) is 6.48. The van der Waals surface area contributed by atoms with Crippen molar-refractivity contribution in [3.05, 3.63) is 23.5 Å². The van der Waals surface area contributed by atoms with E-state index in [0.717, 1.165) is 12.8 Å². The van der Waals surface area contributed by atoms with Crippen LogP contribution in [0.4, 0.5) is 20.6 Å². The summed E-state index contributed by atoms with van der Waals surface area (Å²) in [7, 11) is 0. The number of hydrogen-bond donors (Lipinski definition) is 0. The monoisotopic (exact) mass is 475 g/mol. The molecule has 2 fully saturated rings. The fourth-order valence-corrected chi connectivity index (χ4v) is 4.85. The molecule has 186 valence electrons. The predicted octanol–water partition coefficient (Wildman–Crippen LogP) is 3.62. The van der Waals surface area contributed by atoms with Crippen LogP contribution in [0.15, 0.2) is 12.1 Å². The topological polar surface area (TPSA) is 79.4 Å². The Bertz CT molecular complexity index is 979. The molecular weight excluding hydrogens is 441 g/mol. The SMILES string of the molecule is CCOC(=O)[C@@H]1C(=O)c2cc(F)c(N3CCN(C(=O)OC(C)(C)C)CC3)cc2N(C2CC2)[C@H]1C. The van der Waals surface area contributed by atoms with E-state index in [1.54, 1.807) is 17.9 Å². The first-order valence-electron chi connectivity index (χ1n) is 12.1. The molecule has 0 N–H and O–H groups in total. The third kappa shape index (κ3) is 4.70. The van der Waals surface area contributed by atoms with Crippen molar-refractivity contribution in [3.8, 4) is 0 Å². The number of hydrogen-bond acceptors (Lipinski definition) is 7. The van der Waals surface area contributed by atoms with Crippen molar-refractivity contribution < 1.29 is 28.2 Å². The highest BCUT2D eigenvalue weighted by Crippen LogP contribution is 2.44. The number of amides is 1. The predicted molar refractivity (Wildman–Crippen MR) is 126 cm³/mol. The summed E-state index contributed by atoms with van der Waals surface area (Å²) in [5.74, 6) is -2.42. The molecule has 0 unspecified atom stereocenters. The number of piperazine rings is 1. The molecule has 1 aromatic carbocycles. The lowest BCUT2D eigenvalue weighted by molar-refractivity contribution is -0.146. The second-order valence-corrected chi connectivity index (χ2v) is 10.2. The highest BCUT2D eigenvalue weighted by atomic mass is 19.1. The molecule has 0 aromatic heterocycles. The number of Topliss-reactive ketones (excluding diaryl/α,β-unsaturated/α-hetero) is 1. The van der Waals surface area contributed by atoms with E-state index >= 15 is 4.39 Å². The first-order valence-corrected chi connectivity index (χ1v) is 12.1. The second-order valence-electron chi connectivity index (χ2n) is 10.2. The van der Waals surface area contributed by atoms with Gasteiger partial charge >= 0.3 is 12.1 Å². The van der Waals surface area contributed by atoms with Crippen LogP contribution in [0.25, 0.3) is 0 Å². The third-order valence-corrected chi connectivity index (χ3v) is 6.57. The molecule has 1 aromatic rings. The molecule has 1 amide bonds. The number of rotatable bonds is 4. The minimum Gasteiger partial charge on any atom is -0.465 e. The molecule has 1 aliphatic carbocycles. The van der Waals surface area contributed by atoms with Crippen LogP contribution >= 0.6 is 0 Å². The van der Waals surface area contributed by atoms with Gasteiger partial charge in [-0.2, -0.15) is 0 Å². The molecule has 1 saturated heterocycles. The fourth-order valence-electron chi connectivity index (χ4n) is 4.85. The maximum absolute atomic E-state index is 15.3. The molecule has 8 nitrogen and oxygen atoms in total. The largest absolute Gasteiger partial charge is 0.465 e.